The number of hydrogen-bond donors (Lipinski definition) is 3. The Labute approximate surface area is 144 Å². The Bertz CT molecular complexity index is 804. The maximum Gasteiger partial charge on any atom is 0.280 e. The standard InChI is InChI=1S/C14H24N5O5P/c1-23-25(2,22)6-4-3-5-24-8-10(20)7-19-9-16-11-12(19)17-14(15)18-13(11)21/h9-10,20H,3-8H2,1-2H3,(H3,15,17,18,21). The Morgan fingerprint density at radius 1 is 1.48 bits per heavy atom. The number of aliphatic hydroxyl groups is 1. The largest absolute Gasteiger partial charge is 0.389 e. The highest BCUT2D eigenvalue weighted by molar-refractivity contribution is 7.58. The van der Waals surface area contributed by atoms with Gasteiger partial charge in [0.25, 0.3) is 5.56 Å². The minimum Gasteiger partial charge on any atom is -0.389 e. The molecule has 0 saturated carbocycles. The first-order valence-corrected chi connectivity index (χ1v) is 10.2. The van der Waals surface area contributed by atoms with Crippen molar-refractivity contribution in [1.82, 2.24) is 19.5 Å². The molecule has 0 aliphatic rings. The smallest absolute Gasteiger partial charge is 0.280 e. The van der Waals surface area contributed by atoms with Gasteiger partial charge in [-0.2, -0.15) is 4.98 Å². The molecule has 0 radical (unpaired) electrons. The Hall–Kier alpha value is -1.74. The molecule has 0 aliphatic heterocycles. The van der Waals surface area contributed by atoms with Crippen molar-refractivity contribution in [3.8, 4) is 0 Å². The summed E-state index contributed by atoms with van der Waals surface area (Å²) in [7, 11) is -1.02. The molecule has 2 aromatic heterocycles. The first-order chi connectivity index (χ1) is 11.8. The average molecular weight is 373 g/mol. The molecule has 140 valence electrons. The van der Waals surface area contributed by atoms with Gasteiger partial charge in [-0.15, -0.1) is 0 Å². The zero-order valence-electron chi connectivity index (χ0n) is 14.3. The molecule has 0 bridgehead atoms. The van der Waals surface area contributed by atoms with E-state index in [1.807, 2.05) is 0 Å². The summed E-state index contributed by atoms with van der Waals surface area (Å²) in [5.41, 5.74) is 5.60. The van der Waals surface area contributed by atoms with Crippen LogP contribution in [0.2, 0.25) is 0 Å². The van der Waals surface area contributed by atoms with Crippen LogP contribution < -0.4 is 11.3 Å². The van der Waals surface area contributed by atoms with Gasteiger partial charge >= 0.3 is 0 Å². The molecule has 10 nitrogen and oxygen atoms in total. The third-order valence-electron chi connectivity index (χ3n) is 3.70. The van der Waals surface area contributed by atoms with Gasteiger partial charge in [-0.3, -0.25) is 14.3 Å². The maximum absolute atomic E-state index is 11.7. The molecule has 0 spiro atoms. The molecule has 11 heteroatoms. The lowest BCUT2D eigenvalue weighted by Crippen LogP contribution is -2.22. The predicted octanol–water partition coefficient (Wildman–Crippen LogP) is 0.414. The number of nitrogen functional groups attached to an aromatic ring is 1. The average Bonchev–Trinajstić information content (AvgIpc) is 2.94. The molecule has 4 N–H and O–H groups in total. The molecular weight excluding hydrogens is 349 g/mol. The van der Waals surface area contributed by atoms with Gasteiger partial charge in [0.15, 0.2) is 18.5 Å². The third-order valence-corrected chi connectivity index (χ3v) is 5.60. The quantitative estimate of drug-likeness (QED) is 0.401. The van der Waals surface area contributed by atoms with Crippen LogP contribution in [0.3, 0.4) is 0 Å². The highest BCUT2D eigenvalue weighted by Crippen LogP contribution is 2.41. The summed E-state index contributed by atoms with van der Waals surface area (Å²) >= 11 is 0. The van der Waals surface area contributed by atoms with Crippen LogP contribution in [0.4, 0.5) is 5.95 Å². The van der Waals surface area contributed by atoms with Crippen LogP contribution in [0.15, 0.2) is 11.1 Å². The summed E-state index contributed by atoms with van der Waals surface area (Å²) in [6.07, 6.45) is 2.62. The number of rotatable bonds is 10. The van der Waals surface area contributed by atoms with Crippen molar-refractivity contribution < 1.29 is 18.9 Å². The van der Waals surface area contributed by atoms with E-state index in [-0.39, 0.29) is 24.6 Å². The Balaban J connectivity index is 1.77. The van der Waals surface area contributed by atoms with Crippen molar-refractivity contribution in [2.75, 3.05) is 38.9 Å². The van der Waals surface area contributed by atoms with Gasteiger partial charge in [-0.25, -0.2) is 4.98 Å². The van der Waals surface area contributed by atoms with Crippen molar-refractivity contribution in [2.45, 2.75) is 25.5 Å². The molecule has 0 amide bonds. The maximum atomic E-state index is 11.7. The van der Waals surface area contributed by atoms with E-state index >= 15 is 0 Å². The zero-order chi connectivity index (χ0) is 18.4. The number of H-pyrrole nitrogens is 1. The predicted molar refractivity (Wildman–Crippen MR) is 94.0 cm³/mol. The van der Waals surface area contributed by atoms with Crippen LogP contribution in [0, 0.1) is 0 Å². The van der Waals surface area contributed by atoms with Gasteiger partial charge in [-0.05, 0) is 12.8 Å². The number of fused-ring (bicyclic) bond motifs is 1. The number of anilines is 1. The second-order valence-electron chi connectivity index (χ2n) is 5.88. The highest BCUT2D eigenvalue weighted by atomic mass is 31.2. The summed E-state index contributed by atoms with van der Waals surface area (Å²) in [4.78, 5) is 22.1. The van der Waals surface area contributed by atoms with Crippen molar-refractivity contribution in [3.63, 3.8) is 0 Å². The Morgan fingerprint density at radius 2 is 2.24 bits per heavy atom. The molecule has 0 aliphatic carbocycles. The van der Waals surface area contributed by atoms with Gasteiger partial charge in [0.1, 0.15) is 0 Å². The lowest BCUT2D eigenvalue weighted by atomic mass is 10.3. The van der Waals surface area contributed by atoms with Crippen molar-refractivity contribution in [1.29, 1.82) is 0 Å². The van der Waals surface area contributed by atoms with Gasteiger partial charge in [0.05, 0.1) is 25.6 Å². The van der Waals surface area contributed by atoms with Crippen LogP contribution in [0.25, 0.3) is 11.2 Å². The fraction of sp³-hybridized carbons (Fsp3) is 0.643. The van der Waals surface area contributed by atoms with Crippen molar-refractivity contribution >= 4 is 24.5 Å². The lowest BCUT2D eigenvalue weighted by Gasteiger charge is -2.13. The van der Waals surface area contributed by atoms with Crippen LogP contribution in [0.5, 0.6) is 0 Å². The number of aromatic nitrogens is 4. The summed E-state index contributed by atoms with van der Waals surface area (Å²) in [5, 5.41) is 10.1. The van der Waals surface area contributed by atoms with E-state index in [9.17, 15) is 14.5 Å². The van der Waals surface area contributed by atoms with E-state index in [0.29, 0.717) is 18.4 Å². The van der Waals surface area contributed by atoms with E-state index in [0.717, 1.165) is 12.8 Å². The van der Waals surface area contributed by atoms with Gasteiger partial charge in [0.2, 0.25) is 5.95 Å². The van der Waals surface area contributed by atoms with Crippen molar-refractivity contribution in [3.05, 3.63) is 16.7 Å². The SMILES string of the molecule is COP(C)(=O)CCCCOCC(O)Cn1cnc2c(=O)[nH]c(N)nc21. The van der Waals surface area contributed by atoms with E-state index in [4.69, 9.17) is 15.0 Å². The minimum atomic E-state index is -2.47. The highest BCUT2D eigenvalue weighted by Gasteiger charge is 2.14. The number of aromatic amines is 1. The molecule has 2 atom stereocenters. The normalized spacial score (nSPS) is 15.3. The number of ether oxygens (including phenoxy) is 1. The van der Waals surface area contributed by atoms with E-state index < -0.39 is 19.0 Å². The number of hydrogen-bond acceptors (Lipinski definition) is 8. The number of nitrogens with two attached hydrogens (primary N) is 1. The molecule has 2 unspecified atom stereocenters. The molecule has 2 heterocycles. The van der Waals surface area contributed by atoms with Gasteiger partial charge in [0, 0.05) is 26.5 Å². The first kappa shape index (κ1) is 19.6. The van der Waals surface area contributed by atoms with Crippen LogP contribution >= 0.6 is 7.37 Å². The minimum absolute atomic E-state index is 0.00531. The first-order valence-electron chi connectivity index (χ1n) is 7.91. The van der Waals surface area contributed by atoms with E-state index in [2.05, 4.69) is 15.0 Å². The number of unbranched alkanes of at least 4 members (excludes halogenated alkanes) is 1. The molecule has 0 saturated heterocycles. The third kappa shape index (κ3) is 5.64. The molecular formula is C14H24N5O5P. The second-order valence-corrected chi connectivity index (χ2v) is 8.72. The van der Waals surface area contributed by atoms with Crippen LogP contribution in [-0.4, -0.2) is 63.9 Å². The Kier molecular flexibility index (Phi) is 6.71. The lowest BCUT2D eigenvalue weighted by molar-refractivity contribution is 0.0276. The Morgan fingerprint density at radius 3 is 2.96 bits per heavy atom. The van der Waals surface area contributed by atoms with Crippen LogP contribution in [-0.2, 0) is 20.4 Å². The zero-order valence-corrected chi connectivity index (χ0v) is 15.2. The molecule has 0 fully saturated rings. The summed E-state index contributed by atoms with van der Waals surface area (Å²) in [6, 6.07) is 0. The van der Waals surface area contributed by atoms with Gasteiger partial charge in [-0.1, -0.05) is 0 Å². The van der Waals surface area contributed by atoms with Gasteiger partial charge < -0.3 is 24.7 Å². The van der Waals surface area contributed by atoms with E-state index in [1.165, 1.54) is 13.4 Å². The van der Waals surface area contributed by atoms with Crippen LogP contribution in [0.1, 0.15) is 12.8 Å². The molecule has 2 rings (SSSR count). The number of aliphatic hydroxyl groups excluding tert-OH is 1. The molecule has 2 aromatic rings. The summed E-state index contributed by atoms with van der Waals surface area (Å²) in [6.45, 7) is 2.38. The molecule has 0 aromatic carbocycles. The topological polar surface area (TPSA) is 145 Å². The second kappa shape index (κ2) is 8.57. The monoisotopic (exact) mass is 373 g/mol. The number of nitrogens with zero attached hydrogens (tertiary/aromatic N) is 3. The molecule has 25 heavy (non-hydrogen) atoms. The summed E-state index contributed by atoms with van der Waals surface area (Å²) < 4.78 is 23.6. The fourth-order valence-electron chi connectivity index (χ4n) is 2.30. The van der Waals surface area contributed by atoms with Crippen molar-refractivity contribution in [2.24, 2.45) is 0 Å². The number of nitrogens with one attached hydrogen (secondary N) is 1. The fourth-order valence-corrected chi connectivity index (χ4v) is 3.28. The van der Waals surface area contributed by atoms with E-state index in [1.54, 1.807) is 11.2 Å². The number of imidazole rings is 1. The summed E-state index contributed by atoms with van der Waals surface area (Å²) in [5.74, 6) is -0.00531.